The largest absolute Gasteiger partial charge is 0.497 e. The fraction of sp³-hybridized carbons (Fsp3) is 0.0556. The van der Waals surface area contributed by atoms with Gasteiger partial charge in [0, 0.05) is 10.9 Å². The maximum Gasteiger partial charge on any atom is 0.298 e. The number of nitrogens with zero attached hydrogens (tertiary/aromatic N) is 3. The molecule has 0 radical (unpaired) electrons. The van der Waals surface area contributed by atoms with Crippen molar-refractivity contribution in [2.24, 2.45) is 5.10 Å². The summed E-state index contributed by atoms with van der Waals surface area (Å²) in [5.41, 5.74) is 2.53. The molecular weight excluding hydrogens is 304 g/mol. The van der Waals surface area contributed by atoms with Gasteiger partial charge in [0.05, 0.1) is 13.3 Å². The van der Waals surface area contributed by atoms with E-state index in [4.69, 9.17) is 4.74 Å². The second-order valence-corrected chi connectivity index (χ2v) is 5.31. The van der Waals surface area contributed by atoms with Crippen LogP contribution in [0.25, 0.3) is 21.9 Å². The van der Waals surface area contributed by atoms with Gasteiger partial charge >= 0.3 is 0 Å². The molecule has 6 nitrogen and oxygen atoms in total. The van der Waals surface area contributed by atoms with Crippen molar-refractivity contribution in [3.8, 4) is 5.75 Å². The van der Waals surface area contributed by atoms with Crippen LogP contribution in [0.2, 0.25) is 0 Å². The summed E-state index contributed by atoms with van der Waals surface area (Å²) in [5, 5.41) is 5.05. The van der Waals surface area contributed by atoms with Gasteiger partial charge in [-0.3, -0.25) is 4.79 Å². The summed E-state index contributed by atoms with van der Waals surface area (Å²) in [6.07, 6.45) is 3.05. The lowest BCUT2D eigenvalue weighted by Crippen LogP contribution is -2.17. The minimum Gasteiger partial charge on any atom is -0.497 e. The molecule has 0 aliphatic carbocycles. The van der Waals surface area contributed by atoms with Crippen LogP contribution < -0.4 is 10.3 Å². The van der Waals surface area contributed by atoms with Gasteiger partial charge in [-0.05, 0) is 23.8 Å². The van der Waals surface area contributed by atoms with E-state index in [-0.39, 0.29) is 5.56 Å². The van der Waals surface area contributed by atoms with Crippen molar-refractivity contribution in [2.45, 2.75) is 0 Å². The van der Waals surface area contributed by atoms with Crippen molar-refractivity contribution in [2.75, 3.05) is 7.11 Å². The predicted octanol–water partition coefficient (Wildman–Crippen LogP) is 2.77. The van der Waals surface area contributed by atoms with Crippen molar-refractivity contribution in [1.29, 1.82) is 0 Å². The normalized spacial score (nSPS) is 11.5. The Bertz CT molecular complexity index is 1110. The second-order valence-electron chi connectivity index (χ2n) is 5.31. The zero-order valence-corrected chi connectivity index (χ0v) is 12.9. The molecule has 118 valence electrons. The van der Waals surface area contributed by atoms with Gasteiger partial charge in [-0.15, -0.1) is 0 Å². The standard InChI is InChI=1S/C18H14N4O2/c1-24-13-7-8-15-14(9-13)16-17(21-15)18(23)22(11-19-16)20-10-12-5-3-2-4-6-12/h2-11,21H,1H3. The summed E-state index contributed by atoms with van der Waals surface area (Å²) in [6, 6.07) is 15.1. The van der Waals surface area contributed by atoms with E-state index in [2.05, 4.69) is 15.1 Å². The third-order valence-corrected chi connectivity index (χ3v) is 3.83. The maximum absolute atomic E-state index is 12.6. The van der Waals surface area contributed by atoms with Gasteiger partial charge in [0.25, 0.3) is 5.56 Å². The summed E-state index contributed by atoms with van der Waals surface area (Å²) >= 11 is 0. The number of rotatable bonds is 3. The lowest BCUT2D eigenvalue weighted by atomic mass is 10.2. The molecule has 1 N–H and O–H groups in total. The predicted molar refractivity (Wildman–Crippen MR) is 93.8 cm³/mol. The minimum atomic E-state index is -0.248. The van der Waals surface area contributed by atoms with Crippen molar-refractivity contribution >= 4 is 28.2 Å². The van der Waals surface area contributed by atoms with Crippen molar-refractivity contribution in [3.63, 3.8) is 0 Å². The molecule has 0 spiro atoms. The first kappa shape index (κ1) is 14.2. The van der Waals surface area contributed by atoms with Crippen LogP contribution in [-0.4, -0.2) is 28.0 Å². The third-order valence-electron chi connectivity index (χ3n) is 3.83. The topological polar surface area (TPSA) is 72.3 Å². The maximum atomic E-state index is 12.6. The SMILES string of the molecule is COc1ccc2[nH]c3c(=O)n(N=Cc4ccccc4)cnc3c2c1. The van der Waals surface area contributed by atoms with Gasteiger partial charge in [-0.2, -0.15) is 9.78 Å². The molecule has 0 bridgehead atoms. The van der Waals surface area contributed by atoms with Gasteiger partial charge in [0.2, 0.25) is 0 Å². The van der Waals surface area contributed by atoms with Crippen LogP contribution in [0.5, 0.6) is 5.75 Å². The lowest BCUT2D eigenvalue weighted by Gasteiger charge is -1.99. The number of aromatic nitrogens is 3. The number of benzene rings is 2. The van der Waals surface area contributed by atoms with E-state index in [1.165, 1.54) is 11.0 Å². The van der Waals surface area contributed by atoms with Gasteiger partial charge in [-0.1, -0.05) is 30.3 Å². The fourth-order valence-electron chi connectivity index (χ4n) is 2.60. The first-order chi connectivity index (χ1) is 11.8. The van der Waals surface area contributed by atoms with Crippen LogP contribution >= 0.6 is 0 Å². The molecule has 2 aromatic carbocycles. The second kappa shape index (κ2) is 5.66. The Morgan fingerprint density at radius 2 is 2.04 bits per heavy atom. The molecule has 6 heteroatoms. The molecule has 2 heterocycles. The van der Waals surface area contributed by atoms with Crippen LogP contribution in [0.1, 0.15) is 5.56 Å². The van der Waals surface area contributed by atoms with E-state index in [1.807, 2.05) is 48.5 Å². The van der Waals surface area contributed by atoms with Crippen LogP contribution in [-0.2, 0) is 0 Å². The highest BCUT2D eigenvalue weighted by atomic mass is 16.5. The number of H-pyrrole nitrogens is 1. The lowest BCUT2D eigenvalue weighted by molar-refractivity contribution is 0.415. The van der Waals surface area contributed by atoms with Crippen LogP contribution in [0.4, 0.5) is 0 Å². The quantitative estimate of drug-likeness (QED) is 0.590. The first-order valence-corrected chi connectivity index (χ1v) is 7.43. The molecule has 0 aliphatic heterocycles. The summed E-state index contributed by atoms with van der Waals surface area (Å²) in [6.45, 7) is 0. The molecule has 0 aliphatic rings. The Hall–Kier alpha value is -3.41. The van der Waals surface area contributed by atoms with E-state index >= 15 is 0 Å². The van der Waals surface area contributed by atoms with Crippen molar-refractivity contribution < 1.29 is 4.74 Å². The molecule has 0 saturated heterocycles. The number of ether oxygens (including phenoxy) is 1. The molecule has 0 atom stereocenters. The van der Waals surface area contributed by atoms with E-state index in [9.17, 15) is 4.79 Å². The highest BCUT2D eigenvalue weighted by molar-refractivity contribution is 6.04. The van der Waals surface area contributed by atoms with Gasteiger partial charge in [0.1, 0.15) is 23.1 Å². The number of nitrogens with one attached hydrogen (secondary N) is 1. The number of methoxy groups -OCH3 is 1. The molecule has 2 aromatic heterocycles. The Morgan fingerprint density at radius 3 is 2.83 bits per heavy atom. The Kier molecular flexibility index (Phi) is 3.35. The van der Waals surface area contributed by atoms with E-state index in [1.54, 1.807) is 13.3 Å². The molecule has 0 amide bonds. The molecule has 4 rings (SSSR count). The van der Waals surface area contributed by atoms with Crippen molar-refractivity contribution in [1.82, 2.24) is 14.6 Å². The Balaban J connectivity index is 1.85. The summed E-state index contributed by atoms with van der Waals surface area (Å²) in [7, 11) is 1.61. The van der Waals surface area contributed by atoms with E-state index in [0.29, 0.717) is 11.0 Å². The molecule has 4 aromatic rings. The summed E-state index contributed by atoms with van der Waals surface area (Å²) in [5.74, 6) is 0.719. The first-order valence-electron chi connectivity index (χ1n) is 7.43. The van der Waals surface area contributed by atoms with Crippen molar-refractivity contribution in [3.05, 3.63) is 70.8 Å². The number of hydrogen-bond acceptors (Lipinski definition) is 4. The fourth-order valence-corrected chi connectivity index (χ4v) is 2.60. The average Bonchev–Trinajstić information content (AvgIpc) is 3.00. The molecule has 0 fully saturated rings. The smallest absolute Gasteiger partial charge is 0.298 e. The zero-order chi connectivity index (χ0) is 16.5. The van der Waals surface area contributed by atoms with Gasteiger partial charge in [0.15, 0.2) is 0 Å². The number of aromatic amines is 1. The van der Waals surface area contributed by atoms with Crippen LogP contribution in [0, 0.1) is 0 Å². The molecule has 0 saturated carbocycles. The summed E-state index contributed by atoms with van der Waals surface area (Å²) in [4.78, 5) is 20.1. The number of fused-ring (bicyclic) bond motifs is 3. The Labute approximate surface area is 137 Å². The zero-order valence-electron chi connectivity index (χ0n) is 12.9. The van der Waals surface area contributed by atoms with Gasteiger partial charge < -0.3 is 9.72 Å². The molecular formula is C18H14N4O2. The minimum absolute atomic E-state index is 0.248. The summed E-state index contributed by atoms with van der Waals surface area (Å²) < 4.78 is 6.46. The Morgan fingerprint density at radius 1 is 1.21 bits per heavy atom. The van der Waals surface area contributed by atoms with Crippen LogP contribution in [0.15, 0.2) is 64.8 Å². The van der Waals surface area contributed by atoms with Crippen LogP contribution in [0.3, 0.4) is 0 Å². The number of hydrogen-bond donors (Lipinski definition) is 1. The monoisotopic (exact) mass is 318 g/mol. The molecule has 24 heavy (non-hydrogen) atoms. The average molecular weight is 318 g/mol. The van der Waals surface area contributed by atoms with Gasteiger partial charge in [-0.25, -0.2) is 4.98 Å². The highest BCUT2D eigenvalue weighted by Gasteiger charge is 2.11. The van der Waals surface area contributed by atoms with E-state index in [0.717, 1.165) is 22.2 Å². The van der Waals surface area contributed by atoms with E-state index < -0.39 is 0 Å². The highest BCUT2D eigenvalue weighted by Crippen LogP contribution is 2.25. The molecule has 0 unspecified atom stereocenters. The third kappa shape index (κ3) is 2.34.